The molecule has 0 aliphatic carbocycles. The molecule has 2 unspecified atom stereocenters. The first-order valence-electron chi connectivity index (χ1n) is 6.90. The standard InChI is InChI=1S/C15H22BrF2NO/c1-4-9-19-13(8-5-10(2)20-3)14-12(17)7-6-11(16)15(14)18/h6-7,10,13,19H,4-5,8-9H2,1-3H3. The van der Waals surface area contributed by atoms with Crippen LogP contribution in [0.5, 0.6) is 0 Å². The van der Waals surface area contributed by atoms with E-state index < -0.39 is 11.6 Å². The molecular formula is C15H22BrF2NO. The fraction of sp³-hybridized carbons (Fsp3) is 0.600. The molecule has 0 saturated heterocycles. The lowest BCUT2D eigenvalue weighted by Crippen LogP contribution is -2.25. The van der Waals surface area contributed by atoms with E-state index in [0.717, 1.165) is 19.4 Å². The number of hydrogen-bond acceptors (Lipinski definition) is 2. The van der Waals surface area contributed by atoms with E-state index in [2.05, 4.69) is 21.2 Å². The molecule has 1 N–H and O–H groups in total. The van der Waals surface area contributed by atoms with Crippen LogP contribution in [0, 0.1) is 11.6 Å². The van der Waals surface area contributed by atoms with E-state index in [-0.39, 0.29) is 22.2 Å². The first kappa shape index (κ1) is 17.5. The molecule has 0 aliphatic heterocycles. The summed E-state index contributed by atoms with van der Waals surface area (Å²) in [4.78, 5) is 0. The number of benzene rings is 1. The molecule has 0 heterocycles. The lowest BCUT2D eigenvalue weighted by atomic mass is 9.99. The molecule has 1 rings (SSSR count). The van der Waals surface area contributed by atoms with Crippen LogP contribution in [0.15, 0.2) is 16.6 Å². The maximum absolute atomic E-state index is 14.2. The number of rotatable bonds is 8. The average Bonchev–Trinajstić information content (AvgIpc) is 2.44. The third-order valence-corrected chi connectivity index (χ3v) is 3.95. The molecule has 20 heavy (non-hydrogen) atoms. The summed E-state index contributed by atoms with van der Waals surface area (Å²) < 4.78 is 33.7. The Labute approximate surface area is 128 Å². The second-order valence-electron chi connectivity index (χ2n) is 4.89. The molecule has 2 nitrogen and oxygen atoms in total. The minimum absolute atomic E-state index is 0.0687. The monoisotopic (exact) mass is 349 g/mol. The van der Waals surface area contributed by atoms with Crippen LogP contribution in [-0.2, 0) is 4.74 Å². The molecule has 0 radical (unpaired) electrons. The Morgan fingerprint density at radius 1 is 1.30 bits per heavy atom. The van der Waals surface area contributed by atoms with Crippen molar-refractivity contribution in [3.05, 3.63) is 33.8 Å². The third-order valence-electron chi connectivity index (χ3n) is 3.33. The highest BCUT2D eigenvalue weighted by Gasteiger charge is 2.22. The summed E-state index contributed by atoms with van der Waals surface area (Å²) in [6.07, 6.45) is 2.34. The minimum Gasteiger partial charge on any atom is -0.382 e. The van der Waals surface area contributed by atoms with E-state index >= 15 is 0 Å². The second kappa shape index (κ2) is 8.70. The van der Waals surface area contributed by atoms with Crippen molar-refractivity contribution in [3.63, 3.8) is 0 Å². The smallest absolute Gasteiger partial charge is 0.145 e. The number of nitrogens with one attached hydrogen (secondary N) is 1. The third kappa shape index (κ3) is 4.79. The van der Waals surface area contributed by atoms with Gasteiger partial charge in [-0.25, -0.2) is 8.78 Å². The molecule has 5 heteroatoms. The van der Waals surface area contributed by atoms with Gasteiger partial charge in [-0.05, 0) is 60.8 Å². The highest BCUT2D eigenvalue weighted by molar-refractivity contribution is 9.10. The molecule has 0 bridgehead atoms. The largest absolute Gasteiger partial charge is 0.382 e. The first-order chi connectivity index (χ1) is 9.51. The van der Waals surface area contributed by atoms with Gasteiger partial charge in [0, 0.05) is 18.7 Å². The minimum atomic E-state index is -0.524. The first-order valence-corrected chi connectivity index (χ1v) is 7.70. The summed E-state index contributed by atoms with van der Waals surface area (Å²) in [7, 11) is 1.64. The highest BCUT2D eigenvalue weighted by atomic mass is 79.9. The summed E-state index contributed by atoms with van der Waals surface area (Å²) in [5, 5.41) is 3.22. The molecule has 1 aromatic carbocycles. The van der Waals surface area contributed by atoms with E-state index in [1.807, 2.05) is 13.8 Å². The van der Waals surface area contributed by atoms with Crippen molar-refractivity contribution >= 4 is 15.9 Å². The van der Waals surface area contributed by atoms with Crippen LogP contribution in [0.3, 0.4) is 0 Å². The fourth-order valence-corrected chi connectivity index (χ4v) is 2.39. The van der Waals surface area contributed by atoms with Gasteiger partial charge < -0.3 is 10.1 Å². The highest BCUT2D eigenvalue weighted by Crippen LogP contribution is 2.29. The molecule has 114 valence electrons. The molecule has 0 amide bonds. The lowest BCUT2D eigenvalue weighted by Gasteiger charge is -2.22. The molecule has 2 atom stereocenters. The molecule has 0 spiro atoms. The zero-order valence-corrected chi connectivity index (χ0v) is 13.8. The summed E-state index contributed by atoms with van der Waals surface area (Å²) >= 11 is 3.12. The van der Waals surface area contributed by atoms with E-state index in [0.29, 0.717) is 6.42 Å². The van der Waals surface area contributed by atoms with Gasteiger partial charge in [-0.2, -0.15) is 0 Å². The van der Waals surface area contributed by atoms with Gasteiger partial charge in [0.15, 0.2) is 0 Å². The molecule has 0 fully saturated rings. The Bertz CT molecular complexity index is 429. The van der Waals surface area contributed by atoms with E-state index in [4.69, 9.17) is 4.74 Å². The quantitative estimate of drug-likeness (QED) is 0.693. The van der Waals surface area contributed by atoms with Crippen LogP contribution < -0.4 is 5.32 Å². The van der Waals surface area contributed by atoms with Crippen molar-refractivity contribution in [2.24, 2.45) is 0 Å². The van der Waals surface area contributed by atoms with Crippen LogP contribution in [-0.4, -0.2) is 19.8 Å². The second-order valence-corrected chi connectivity index (χ2v) is 5.74. The molecule has 1 aromatic rings. The lowest BCUT2D eigenvalue weighted by molar-refractivity contribution is 0.105. The van der Waals surface area contributed by atoms with Crippen molar-refractivity contribution in [2.45, 2.75) is 45.3 Å². The Hall–Kier alpha value is -0.520. The van der Waals surface area contributed by atoms with Crippen molar-refractivity contribution in [1.82, 2.24) is 5.32 Å². The van der Waals surface area contributed by atoms with Crippen LogP contribution >= 0.6 is 15.9 Å². The Balaban J connectivity index is 2.95. The summed E-state index contributed by atoms with van der Waals surface area (Å²) in [6.45, 7) is 4.69. The topological polar surface area (TPSA) is 21.3 Å². The molecule has 0 aromatic heterocycles. The van der Waals surface area contributed by atoms with Crippen LogP contribution in [0.1, 0.15) is 44.7 Å². The summed E-state index contributed by atoms with van der Waals surface area (Å²) in [5.74, 6) is -1.03. The number of hydrogen-bond donors (Lipinski definition) is 1. The van der Waals surface area contributed by atoms with Gasteiger partial charge in [0.25, 0.3) is 0 Å². The van der Waals surface area contributed by atoms with Crippen LogP contribution in [0.25, 0.3) is 0 Å². The van der Waals surface area contributed by atoms with E-state index in [1.165, 1.54) is 12.1 Å². The zero-order chi connectivity index (χ0) is 15.1. The molecular weight excluding hydrogens is 328 g/mol. The van der Waals surface area contributed by atoms with Gasteiger partial charge in [0.2, 0.25) is 0 Å². The van der Waals surface area contributed by atoms with Crippen molar-refractivity contribution in [1.29, 1.82) is 0 Å². The Morgan fingerprint density at radius 3 is 2.60 bits per heavy atom. The average molecular weight is 350 g/mol. The summed E-state index contributed by atoms with van der Waals surface area (Å²) in [5.41, 5.74) is 0.108. The predicted octanol–water partition coefficient (Wildman–Crippen LogP) is 4.58. The summed E-state index contributed by atoms with van der Waals surface area (Å²) in [6, 6.07) is 2.34. The maximum Gasteiger partial charge on any atom is 0.145 e. The Kier molecular flexibility index (Phi) is 7.62. The molecule has 0 aliphatic rings. The fourth-order valence-electron chi connectivity index (χ4n) is 2.05. The normalized spacial score (nSPS) is 14.3. The van der Waals surface area contributed by atoms with Crippen molar-refractivity contribution in [2.75, 3.05) is 13.7 Å². The van der Waals surface area contributed by atoms with E-state index in [1.54, 1.807) is 7.11 Å². The van der Waals surface area contributed by atoms with Crippen molar-refractivity contribution < 1.29 is 13.5 Å². The van der Waals surface area contributed by atoms with Gasteiger partial charge in [-0.15, -0.1) is 0 Å². The Morgan fingerprint density at radius 2 is 2.00 bits per heavy atom. The van der Waals surface area contributed by atoms with Crippen LogP contribution in [0.2, 0.25) is 0 Å². The van der Waals surface area contributed by atoms with Crippen LogP contribution in [0.4, 0.5) is 8.78 Å². The zero-order valence-electron chi connectivity index (χ0n) is 12.2. The molecule has 0 saturated carbocycles. The number of halogens is 3. The van der Waals surface area contributed by atoms with Gasteiger partial charge in [-0.3, -0.25) is 0 Å². The maximum atomic E-state index is 14.2. The predicted molar refractivity (Wildman–Crippen MR) is 80.8 cm³/mol. The number of ether oxygens (including phenoxy) is 1. The SMILES string of the molecule is CCCNC(CCC(C)OC)c1c(F)ccc(Br)c1F. The van der Waals surface area contributed by atoms with Gasteiger partial charge >= 0.3 is 0 Å². The van der Waals surface area contributed by atoms with Gasteiger partial charge in [0.05, 0.1) is 10.6 Å². The van der Waals surface area contributed by atoms with Crippen molar-refractivity contribution in [3.8, 4) is 0 Å². The number of methoxy groups -OCH3 is 1. The van der Waals surface area contributed by atoms with Gasteiger partial charge in [-0.1, -0.05) is 6.92 Å². The van der Waals surface area contributed by atoms with E-state index in [9.17, 15) is 8.78 Å². The van der Waals surface area contributed by atoms with Gasteiger partial charge in [0.1, 0.15) is 11.6 Å².